The minimum atomic E-state index is 0.192. The van der Waals surface area contributed by atoms with Gasteiger partial charge in [-0.15, -0.1) is 0 Å². The standard InChI is InChI=1S/C11H16ClNO/c1-7-3-9(4-8(2)6-13)11(14)10(12)5-7/h3,5,8,14H,4,6,13H2,1-2H3. The van der Waals surface area contributed by atoms with E-state index in [1.807, 2.05) is 13.0 Å². The Labute approximate surface area is 89.7 Å². The van der Waals surface area contributed by atoms with Crippen molar-refractivity contribution in [2.45, 2.75) is 20.3 Å². The third kappa shape index (κ3) is 2.63. The van der Waals surface area contributed by atoms with E-state index in [1.165, 1.54) is 0 Å². The molecule has 1 aromatic carbocycles. The maximum absolute atomic E-state index is 9.69. The fourth-order valence-electron chi connectivity index (χ4n) is 1.42. The largest absolute Gasteiger partial charge is 0.506 e. The number of hydrogen-bond donors (Lipinski definition) is 2. The van der Waals surface area contributed by atoms with Crippen LogP contribution in [0.25, 0.3) is 0 Å². The zero-order valence-electron chi connectivity index (χ0n) is 8.55. The van der Waals surface area contributed by atoms with Crippen LogP contribution in [0.1, 0.15) is 18.1 Å². The van der Waals surface area contributed by atoms with Crippen molar-refractivity contribution in [1.29, 1.82) is 0 Å². The average Bonchev–Trinajstić information content (AvgIpc) is 2.13. The van der Waals surface area contributed by atoms with E-state index in [0.717, 1.165) is 17.5 Å². The normalized spacial score (nSPS) is 12.9. The molecule has 0 heterocycles. The molecule has 14 heavy (non-hydrogen) atoms. The summed E-state index contributed by atoms with van der Waals surface area (Å²) in [7, 11) is 0. The van der Waals surface area contributed by atoms with Gasteiger partial charge in [0, 0.05) is 0 Å². The smallest absolute Gasteiger partial charge is 0.137 e. The lowest BCUT2D eigenvalue weighted by Gasteiger charge is -2.11. The highest BCUT2D eigenvalue weighted by molar-refractivity contribution is 6.32. The van der Waals surface area contributed by atoms with Crippen LogP contribution in [0.15, 0.2) is 12.1 Å². The Morgan fingerprint density at radius 1 is 1.50 bits per heavy atom. The molecule has 0 aromatic heterocycles. The van der Waals surface area contributed by atoms with Gasteiger partial charge in [-0.25, -0.2) is 0 Å². The molecule has 0 amide bonds. The number of aromatic hydroxyl groups is 1. The predicted octanol–water partition coefficient (Wildman–Crippen LogP) is 2.49. The Balaban J connectivity index is 2.96. The second-order valence-electron chi connectivity index (χ2n) is 3.80. The van der Waals surface area contributed by atoms with Crippen molar-refractivity contribution in [3.63, 3.8) is 0 Å². The minimum absolute atomic E-state index is 0.192. The number of rotatable bonds is 3. The van der Waals surface area contributed by atoms with Crippen LogP contribution in [0.3, 0.4) is 0 Å². The third-order valence-corrected chi connectivity index (χ3v) is 2.55. The SMILES string of the molecule is Cc1cc(Cl)c(O)c(CC(C)CN)c1. The average molecular weight is 214 g/mol. The summed E-state index contributed by atoms with van der Waals surface area (Å²) in [6, 6.07) is 3.71. The minimum Gasteiger partial charge on any atom is -0.506 e. The number of phenols is 1. The summed E-state index contributed by atoms with van der Waals surface area (Å²) >= 11 is 5.86. The van der Waals surface area contributed by atoms with Crippen LogP contribution >= 0.6 is 11.6 Å². The maximum Gasteiger partial charge on any atom is 0.137 e. The highest BCUT2D eigenvalue weighted by atomic mass is 35.5. The van der Waals surface area contributed by atoms with Crippen LogP contribution in [0.4, 0.5) is 0 Å². The van der Waals surface area contributed by atoms with Crippen molar-refractivity contribution >= 4 is 11.6 Å². The summed E-state index contributed by atoms with van der Waals surface area (Å²) in [5.41, 5.74) is 7.48. The third-order valence-electron chi connectivity index (χ3n) is 2.26. The van der Waals surface area contributed by atoms with Crippen molar-refractivity contribution in [2.24, 2.45) is 11.7 Å². The van der Waals surface area contributed by atoms with Crippen molar-refractivity contribution in [3.8, 4) is 5.75 Å². The summed E-state index contributed by atoms with van der Waals surface area (Å²) in [6.45, 7) is 4.63. The summed E-state index contributed by atoms with van der Waals surface area (Å²) in [6.07, 6.45) is 0.768. The number of halogens is 1. The predicted molar refractivity (Wildman–Crippen MR) is 59.8 cm³/mol. The first-order valence-corrected chi connectivity index (χ1v) is 5.10. The number of phenolic OH excluding ortho intramolecular Hbond substituents is 1. The lowest BCUT2D eigenvalue weighted by Crippen LogP contribution is -2.13. The topological polar surface area (TPSA) is 46.2 Å². The summed E-state index contributed by atoms with van der Waals surface area (Å²) < 4.78 is 0. The molecule has 0 aliphatic heterocycles. The summed E-state index contributed by atoms with van der Waals surface area (Å²) in [5.74, 6) is 0.552. The lowest BCUT2D eigenvalue weighted by atomic mass is 9.99. The highest BCUT2D eigenvalue weighted by Gasteiger charge is 2.09. The molecule has 1 aromatic rings. The Kier molecular flexibility index (Phi) is 3.78. The number of aryl methyl sites for hydroxylation is 1. The highest BCUT2D eigenvalue weighted by Crippen LogP contribution is 2.30. The Morgan fingerprint density at radius 3 is 2.71 bits per heavy atom. The van der Waals surface area contributed by atoms with Crippen LogP contribution < -0.4 is 5.73 Å². The monoisotopic (exact) mass is 213 g/mol. The van der Waals surface area contributed by atoms with Gasteiger partial charge in [-0.05, 0) is 43.0 Å². The van der Waals surface area contributed by atoms with Crippen molar-refractivity contribution in [1.82, 2.24) is 0 Å². The van der Waals surface area contributed by atoms with Crippen molar-refractivity contribution in [3.05, 3.63) is 28.3 Å². The molecule has 0 aliphatic carbocycles. The Hall–Kier alpha value is -0.730. The van der Waals surface area contributed by atoms with Crippen LogP contribution in [0.2, 0.25) is 5.02 Å². The summed E-state index contributed by atoms with van der Waals surface area (Å²) in [5, 5.41) is 10.1. The van der Waals surface area contributed by atoms with Crippen molar-refractivity contribution < 1.29 is 5.11 Å². The molecule has 0 spiro atoms. The lowest BCUT2D eigenvalue weighted by molar-refractivity contribution is 0.460. The fourth-order valence-corrected chi connectivity index (χ4v) is 1.71. The number of benzene rings is 1. The van der Waals surface area contributed by atoms with E-state index in [2.05, 4.69) is 6.92 Å². The maximum atomic E-state index is 9.69. The van der Waals surface area contributed by atoms with E-state index in [9.17, 15) is 5.11 Å². The van der Waals surface area contributed by atoms with Crippen LogP contribution in [-0.2, 0) is 6.42 Å². The van der Waals surface area contributed by atoms with Gasteiger partial charge in [-0.3, -0.25) is 0 Å². The molecule has 0 bridgehead atoms. The zero-order valence-corrected chi connectivity index (χ0v) is 9.30. The van der Waals surface area contributed by atoms with Gasteiger partial charge in [0.2, 0.25) is 0 Å². The number of hydrogen-bond acceptors (Lipinski definition) is 2. The van der Waals surface area contributed by atoms with Crippen LogP contribution in [-0.4, -0.2) is 11.7 Å². The zero-order chi connectivity index (χ0) is 10.7. The Morgan fingerprint density at radius 2 is 2.14 bits per heavy atom. The molecule has 0 saturated carbocycles. The molecular weight excluding hydrogens is 198 g/mol. The molecular formula is C11H16ClNO. The van der Waals surface area contributed by atoms with E-state index in [1.54, 1.807) is 6.07 Å². The van der Waals surface area contributed by atoms with E-state index < -0.39 is 0 Å². The van der Waals surface area contributed by atoms with E-state index in [4.69, 9.17) is 17.3 Å². The van der Waals surface area contributed by atoms with Gasteiger partial charge in [0.1, 0.15) is 5.75 Å². The van der Waals surface area contributed by atoms with E-state index in [-0.39, 0.29) is 5.75 Å². The molecule has 78 valence electrons. The van der Waals surface area contributed by atoms with Gasteiger partial charge >= 0.3 is 0 Å². The second-order valence-corrected chi connectivity index (χ2v) is 4.21. The Bertz CT molecular complexity index is 325. The van der Waals surface area contributed by atoms with Gasteiger partial charge in [-0.2, -0.15) is 0 Å². The van der Waals surface area contributed by atoms with Gasteiger partial charge in [0.25, 0.3) is 0 Å². The molecule has 0 saturated heterocycles. The second kappa shape index (κ2) is 4.67. The molecule has 0 radical (unpaired) electrons. The molecule has 1 rings (SSSR count). The van der Waals surface area contributed by atoms with Crippen LogP contribution in [0.5, 0.6) is 5.75 Å². The van der Waals surface area contributed by atoms with Gasteiger partial charge < -0.3 is 10.8 Å². The van der Waals surface area contributed by atoms with Gasteiger partial charge in [0.15, 0.2) is 0 Å². The molecule has 3 heteroatoms. The molecule has 0 fully saturated rings. The first kappa shape index (κ1) is 11.3. The van der Waals surface area contributed by atoms with Crippen LogP contribution in [0, 0.1) is 12.8 Å². The van der Waals surface area contributed by atoms with E-state index in [0.29, 0.717) is 17.5 Å². The number of nitrogens with two attached hydrogens (primary N) is 1. The first-order chi connectivity index (χ1) is 6.54. The molecule has 1 atom stereocenters. The summed E-state index contributed by atoms with van der Waals surface area (Å²) in [4.78, 5) is 0. The molecule has 1 unspecified atom stereocenters. The molecule has 0 aliphatic rings. The fraction of sp³-hybridized carbons (Fsp3) is 0.455. The molecule has 3 N–H and O–H groups in total. The van der Waals surface area contributed by atoms with Crippen molar-refractivity contribution in [2.75, 3.05) is 6.54 Å². The van der Waals surface area contributed by atoms with E-state index >= 15 is 0 Å². The van der Waals surface area contributed by atoms with Gasteiger partial charge in [0.05, 0.1) is 5.02 Å². The first-order valence-electron chi connectivity index (χ1n) is 4.72. The van der Waals surface area contributed by atoms with Gasteiger partial charge in [-0.1, -0.05) is 24.6 Å². The molecule has 2 nitrogen and oxygen atoms in total. The quantitative estimate of drug-likeness (QED) is 0.811.